The number of nitrogens with one attached hydrogen (secondary N) is 1. The van der Waals surface area contributed by atoms with Crippen LogP contribution in [-0.2, 0) is 4.79 Å². The molecule has 1 aromatic carbocycles. The molecule has 0 aliphatic carbocycles. The maximum absolute atomic E-state index is 11.6. The van der Waals surface area contributed by atoms with Crippen LogP contribution < -0.4 is 5.32 Å². The Morgan fingerprint density at radius 2 is 2.11 bits per heavy atom. The fraction of sp³-hybridized carbons (Fsp3) is 0.333. The summed E-state index contributed by atoms with van der Waals surface area (Å²) in [6.45, 7) is 4.01. The summed E-state index contributed by atoms with van der Waals surface area (Å²) < 4.78 is 0.819. The average molecular weight is 379 g/mol. The molecule has 98 valence electrons. The van der Waals surface area contributed by atoms with E-state index < -0.39 is 5.97 Å². The van der Waals surface area contributed by atoms with Crippen molar-refractivity contribution in [2.24, 2.45) is 0 Å². The van der Waals surface area contributed by atoms with Gasteiger partial charge in [0, 0.05) is 3.57 Å². The van der Waals surface area contributed by atoms with E-state index >= 15 is 0 Å². The number of carbonyl (C=O) groups excluding carboxylic acids is 1. The molecule has 0 spiro atoms. The van der Waals surface area contributed by atoms with Crippen molar-refractivity contribution >= 4 is 51.9 Å². The van der Waals surface area contributed by atoms with E-state index in [4.69, 9.17) is 5.11 Å². The van der Waals surface area contributed by atoms with Gasteiger partial charge in [-0.05, 0) is 46.0 Å². The molecule has 0 saturated carbocycles. The Kier molecular flexibility index (Phi) is 5.94. The number of aromatic carboxylic acids is 1. The molecule has 0 atom stereocenters. The smallest absolute Gasteiger partial charge is 0.337 e. The molecule has 1 aromatic rings. The first kappa shape index (κ1) is 15.3. The van der Waals surface area contributed by atoms with Gasteiger partial charge in [0.15, 0.2) is 0 Å². The quantitative estimate of drug-likeness (QED) is 0.772. The number of hydrogen-bond acceptors (Lipinski definition) is 3. The van der Waals surface area contributed by atoms with Crippen LogP contribution in [-0.4, -0.2) is 28.0 Å². The number of anilines is 1. The van der Waals surface area contributed by atoms with E-state index in [0.29, 0.717) is 16.7 Å². The van der Waals surface area contributed by atoms with Crippen molar-refractivity contribution in [3.63, 3.8) is 0 Å². The van der Waals surface area contributed by atoms with E-state index in [-0.39, 0.29) is 11.5 Å². The van der Waals surface area contributed by atoms with E-state index in [1.165, 1.54) is 17.8 Å². The Balaban J connectivity index is 2.78. The van der Waals surface area contributed by atoms with Crippen molar-refractivity contribution in [2.45, 2.75) is 19.1 Å². The van der Waals surface area contributed by atoms with Crippen LogP contribution in [0.5, 0.6) is 0 Å². The molecule has 0 aliphatic rings. The molecule has 0 fully saturated rings. The zero-order valence-corrected chi connectivity index (χ0v) is 13.0. The normalized spacial score (nSPS) is 10.4. The van der Waals surface area contributed by atoms with Crippen molar-refractivity contribution in [1.29, 1.82) is 0 Å². The molecule has 1 amide bonds. The lowest BCUT2D eigenvalue weighted by molar-refractivity contribution is -0.113. The summed E-state index contributed by atoms with van der Waals surface area (Å²) in [7, 11) is 0. The maximum Gasteiger partial charge on any atom is 0.337 e. The minimum Gasteiger partial charge on any atom is -0.478 e. The molecular formula is C12H14INO3S. The lowest BCUT2D eigenvalue weighted by Crippen LogP contribution is -2.17. The van der Waals surface area contributed by atoms with E-state index in [9.17, 15) is 9.59 Å². The average Bonchev–Trinajstić information content (AvgIpc) is 2.28. The van der Waals surface area contributed by atoms with Crippen molar-refractivity contribution in [3.8, 4) is 0 Å². The second-order valence-electron chi connectivity index (χ2n) is 3.90. The minimum atomic E-state index is -1.04. The van der Waals surface area contributed by atoms with Crippen molar-refractivity contribution < 1.29 is 14.7 Å². The van der Waals surface area contributed by atoms with Gasteiger partial charge in [-0.3, -0.25) is 4.79 Å². The van der Waals surface area contributed by atoms with Crippen LogP contribution in [0, 0.1) is 3.57 Å². The van der Waals surface area contributed by atoms with Gasteiger partial charge < -0.3 is 10.4 Å². The number of carboxylic acids is 1. The number of carbonyl (C=O) groups is 2. The number of hydrogen-bond donors (Lipinski definition) is 2. The maximum atomic E-state index is 11.6. The molecular weight excluding hydrogens is 365 g/mol. The van der Waals surface area contributed by atoms with Gasteiger partial charge in [-0.25, -0.2) is 4.79 Å². The molecule has 6 heteroatoms. The molecule has 0 aromatic heterocycles. The third kappa shape index (κ3) is 4.85. The van der Waals surface area contributed by atoms with Crippen LogP contribution in [0.15, 0.2) is 18.2 Å². The topological polar surface area (TPSA) is 66.4 Å². The summed E-state index contributed by atoms with van der Waals surface area (Å²) >= 11 is 3.55. The lowest BCUT2D eigenvalue weighted by atomic mass is 10.2. The fourth-order valence-electron chi connectivity index (χ4n) is 1.23. The van der Waals surface area contributed by atoms with Gasteiger partial charge >= 0.3 is 5.97 Å². The predicted molar refractivity (Wildman–Crippen MR) is 82.3 cm³/mol. The number of halogens is 1. The van der Waals surface area contributed by atoms with Gasteiger partial charge in [-0.1, -0.05) is 13.8 Å². The van der Waals surface area contributed by atoms with Crippen molar-refractivity contribution in [1.82, 2.24) is 0 Å². The standard InChI is InChI=1S/C12H14INO3S/c1-7(2)18-6-11(15)14-10-4-3-8(13)5-9(10)12(16)17/h3-5,7H,6H2,1-2H3,(H,14,15)(H,16,17). The van der Waals surface area contributed by atoms with E-state index in [1.807, 2.05) is 36.4 Å². The van der Waals surface area contributed by atoms with Crippen molar-refractivity contribution in [2.75, 3.05) is 11.1 Å². The third-order valence-electron chi connectivity index (χ3n) is 2.03. The molecule has 0 bridgehead atoms. The number of thioether (sulfide) groups is 1. The second-order valence-corrected chi connectivity index (χ2v) is 6.71. The highest BCUT2D eigenvalue weighted by Crippen LogP contribution is 2.19. The summed E-state index contributed by atoms with van der Waals surface area (Å²) in [5, 5.41) is 12.1. The van der Waals surface area contributed by atoms with Crippen LogP contribution in [0.3, 0.4) is 0 Å². The number of amides is 1. The van der Waals surface area contributed by atoms with E-state index in [1.54, 1.807) is 12.1 Å². The zero-order chi connectivity index (χ0) is 13.7. The summed E-state index contributed by atoms with van der Waals surface area (Å²) in [6.07, 6.45) is 0. The first-order valence-corrected chi connectivity index (χ1v) is 7.47. The Hall–Kier alpha value is -0.760. The Morgan fingerprint density at radius 3 is 2.67 bits per heavy atom. The Bertz CT molecular complexity index is 463. The van der Waals surface area contributed by atoms with E-state index in [0.717, 1.165) is 3.57 Å². The summed E-state index contributed by atoms with van der Waals surface area (Å²) in [6, 6.07) is 4.91. The number of rotatable bonds is 5. The number of carboxylic acid groups (broad SMARTS) is 1. The molecule has 18 heavy (non-hydrogen) atoms. The lowest BCUT2D eigenvalue weighted by Gasteiger charge is -2.09. The molecule has 0 unspecified atom stereocenters. The molecule has 0 heterocycles. The molecule has 0 saturated heterocycles. The summed E-state index contributed by atoms with van der Waals surface area (Å²) in [4.78, 5) is 22.7. The summed E-state index contributed by atoms with van der Waals surface area (Å²) in [5.41, 5.74) is 0.460. The highest BCUT2D eigenvalue weighted by atomic mass is 127. The van der Waals surface area contributed by atoms with Gasteiger partial charge in [0.05, 0.1) is 17.0 Å². The van der Waals surface area contributed by atoms with Gasteiger partial charge in [-0.15, -0.1) is 11.8 Å². The minimum absolute atomic E-state index is 0.116. The van der Waals surface area contributed by atoms with Gasteiger partial charge in [0.1, 0.15) is 0 Å². The predicted octanol–water partition coefficient (Wildman–Crippen LogP) is 3.07. The first-order valence-electron chi connectivity index (χ1n) is 5.34. The van der Waals surface area contributed by atoms with Crippen LogP contribution >= 0.6 is 34.4 Å². The van der Waals surface area contributed by atoms with Crippen LogP contribution in [0.4, 0.5) is 5.69 Å². The van der Waals surface area contributed by atoms with E-state index in [2.05, 4.69) is 5.32 Å². The second kappa shape index (κ2) is 6.98. The van der Waals surface area contributed by atoms with Crippen LogP contribution in [0.1, 0.15) is 24.2 Å². The Labute approximate surface area is 124 Å². The molecule has 0 aliphatic heterocycles. The summed E-state index contributed by atoms with van der Waals surface area (Å²) in [5.74, 6) is -0.902. The monoisotopic (exact) mass is 379 g/mol. The first-order chi connectivity index (χ1) is 8.40. The molecule has 2 N–H and O–H groups in total. The molecule has 0 radical (unpaired) electrons. The Morgan fingerprint density at radius 1 is 1.44 bits per heavy atom. The highest BCUT2D eigenvalue weighted by molar-refractivity contribution is 14.1. The molecule has 4 nitrogen and oxygen atoms in total. The van der Waals surface area contributed by atoms with Gasteiger partial charge in [0.2, 0.25) is 5.91 Å². The SMILES string of the molecule is CC(C)SCC(=O)Nc1ccc(I)cc1C(=O)O. The largest absolute Gasteiger partial charge is 0.478 e. The third-order valence-corrected chi connectivity index (χ3v) is 3.80. The van der Waals surface area contributed by atoms with Crippen LogP contribution in [0.2, 0.25) is 0 Å². The number of benzene rings is 1. The highest BCUT2D eigenvalue weighted by Gasteiger charge is 2.13. The van der Waals surface area contributed by atoms with Crippen molar-refractivity contribution in [3.05, 3.63) is 27.3 Å². The van der Waals surface area contributed by atoms with Gasteiger partial charge in [-0.2, -0.15) is 0 Å². The zero-order valence-electron chi connectivity index (χ0n) is 10.1. The molecule has 1 rings (SSSR count). The van der Waals surface area contributed by atoms with Crippen LogP contribution in [0.25, 0.3) is 0 Å². The fourth-order valence-corrected chi connectivity index (χ4v) is 2.28. The van der Waals surface area contributed by atoms with Gasteiger partial charge in [0.25, 0.3) is 0 Å².